The summed E-state index contributed by atoms with van der Waals surface area (Å²) in [7, 11) is 0. The Balaban J connectivity index is 0.000000176. The molecule has 13 heteroatoms. The Kier molecular flexibility index (Phi) is 5.43. The highest BCUT2D eigenvalue weighted by atomic mass is 79.9. The summed E-state index contributed by atoms with van der Waals surface area (Å²) in [5.74, 6) is -20.1. The van der Waals surface area contributed by atoms with Gasteiger partial charge in [0.1, 0.15) is 17.7 Å². The highest BCUT2D eigenvalue weighted by Crippen LogP contribution is 2.59. The van der Waals surface area contributed by atoms with E-state index in [-0.39, 0.29) is 0 Å². The molecule has 0 aromatic heterocycles. The molecule has 0 amide bonds. The van der Waals surface area contributed by atoms with Crippen LogP contribution in [0.2, 0.25) is 0 Å². The molecule has 0 bridgehead atoms. The lowest BCUT2D eigenvalue weighted by molar-refractivity contribution is -0.246. The van der Waals surface area contributed by atoms with Gasteiger partial charge in [0.25, 0.3) is 0 Å². The van der Waals surface area contributed by atoms with Crippen LogP contribution in [0.25, 0.3) is 0 Å². The average molecular weight is 527 g/mol. The molecule has 2 nitrogen and oxygen atoms in total. The number of hydrogen-bond donors (Lipinski definition) is 2. The van der Waals surface area contributed by atoms with Crippen molar-refractivity contribution in [3.63, 3.8) is 0 Å². The SMILES string of the molecule is OC1c2c(ccc(F)c2Br)C(F)(F)C1(F)F.OC1c2cc(F)ccc2C(F)(F)C1(F)F. The van der Waals surface area contributed by atoms with Crippen molar-refractivity contribution in [1.29, 1.82) is 0 Å². The van der Waals surface area contributed by atoms with Crippen LogP contribution >= 0.6 is 15.9 Å². The zero-order valence-electron chi connectivity index (χ0n) is 14.6. The molecule has 0 saturated heterocycles. The Morgan fingerprint density at radius 1 is 0.710 bits per heavy atom. The van der Waals surface area contributed by atoms with Gasteiger partial charge in [-0.2, -0.15) is 35.1 Å². The van der Waals surface area contributed by atoms with E-state index in [0.29, 0.717) is 30.3 Å². The molecular weight excluding hydrogens is 518 g/mol. The highest BCUT2D eigenvalue weighted by Gasteiger charge is 2.69. The molecule has 2 aromatic carbocycles. The first-order valence-corrected chi connectivity index (χ1v) is 8.94. The first kappa shape index (κ1) is 23.8. The van der Waals surface area contributed by atoms with Crippen LogP contribution < -0.4 is 0 Å². The van der Waals surface area contributed by atoms with E-state index in [9.17, 15) is 43.9 Å². The van der Waals surface area contributed by atoms with Crippen molar-refractivity contribution in [1.82, 2.24) is 0 Å². The summed E-state index contributed by atoms with van der Waals surface area (Å²) in [5, 5.41) is 18.1. The van der Waals surface area contributed by atoms with Crippen molar-refractivity contribution in [2.45, 2.75) is 35.9 Å². The van der Waals surface area contributed by atoms with Crippen LogP contribution in [0.1, 0.15) is 34.5 Å². The largest absolute Gasteiger partial charge is 0.382 e. The lowest BCUT2D eigenvalue weighted by Crippen LogP contribution is -2.36. The predicted octanol–water partition coefficient (Wildman–Crippen LogP) is 5.96. The minimum absolute atomic E-state index is 0.495. The van der Waals surface area contributed by atoms with Gasteiger partial charge >= 0.3 is 23.7 Å². The fourth-order valence-electron chi connectivity index (χ4n) is 3.23. The van der Waals surface area contributed by atoms with Crippen LogP contribution in [-0.4, -0.2) is 22.1 Å². The summed E-state index contributed by atoms with van der Waals surface area (Å²) in [5.41, 5.74) is -3.64. The number of fused-ring (bicyclic) bond motifs is 2. The minimum Gasteiger partial charge on any atom is -0.382 e. The van der Waals surface area contributed by atoms with Crippen molar-refractivity contribution in [3.05, 3.63) is 68.7 Å². The number of hydrogen-bond acceptors (Lipinski definition) is 2. The smallest absolute Gasteiger partial charge is 0.343 e. The second-order valence-electron chi connectivity index (χ2n) is 6.75. The quantitative estimate of drug-likeness (QED) is 0.416. The Morgan fingerprint density at radius 3 is 1.77 bits per heavy atom. The van der Waals surface area contributed by atoms with Gasteiger partial charge in [-0.1, -0.05) is 0 Å². The Morgan fingerprint density at radius 2 is 1.19 bits per heavy atom. The van der Waals surface area contributed by atoms with Crippen LogP contribution in [-0.2, 0) is 11.8 Å². The van der Waals surface area contributed by atoms with Gasteiger partial charge in [0.15, 0.2) is 6.10 Å². The molecule has 2 N–H and O–H groups in total. The summed E-state index contributed by atoms with van der Waals surface area (Å²) in [6.45, 7) is 0. The monoisotopic (exact) mass is 526 g/mol. The fourth-order valence-corrected chi connectivity index (χ4v) is 3.79. The molecule has 2 aliphatic rings. The minimum atomic E-state index is -4.63. The summed E-state index contributed by atoms with van der Waals surface area (Å²) in [4.78, 5) is 0. The lowest BCUT2D eigenvalue weighted by Gasteiger charge is -2.21. The van der Waals surface area contributed by atoms with E-state index >= 15 is 0 Å². The van der Waals surface area contributed by atoms with E-state index in [1.807, 2.05) is 0 Å². The third-order valence-corrected chi connectivity index (χ3v) is 5.72. The third kappa shape index (κ3) is 3.15. The summed E-state index contributed by atoms with van der Waals surface area (Å²) in [6.07, 6.45) is -5.39. The van der Waals surface area contributed by atoms with Crippen LogP contribution in [0.5, 0.6) is 0 Å². The molecule has 2 atom stereocenters. The van der Waals surface area contributed by atoms with E-state index in [0.717, 1.165) is 0 Å². The third-order valence-electron chi connectivity index (χ3n) is 4.91. The van der Waals surface area contributed by atoms with E-state index in [2.05, 4.69) is 15.9 Å². The van der Waals surface area contributed by atoms with E-state index in [4.69, 9.17) is 10.2 Å². The molecule has 2 aromatic rings. The Bertz CT molecular complexity index is 1040. The molecule has 0 aliphatic heterocycles. The van der Waals surface area contributed by atoms with Crippen LogP contribution in [0.3, 0.4) is 0 Å². The topological polar surface area (TPSA) is 40.5 Å². The van der Waals surface area contributed by atoms with E-state index in [1.165, 1.54) is 0 Å². The number of halogens is 11. The van der Waals surface area contributed by atoms with Gasteiger partial charge in [-0.15, -0.1) is 0 Å². The van der Waals surface area contributed by atoms with Gasteiger partial charge in [0, 0.05) is 16.7 Å². The maximum Gasteiger partial charge on any atom is 0.343 e. The van der Waals surface area contributed by atoms with Crippen molar-refractivity contribution in [2.75, 3.05) is 0 Å². The predicted molar refractivity (Wildman–Crippen MR) is 88.1 cm³/mol. The molecule has 4 rings (SSSR count). The lowest BCUT2D eigenvalue weighted by atomic mass is 10.1. The summed E-state index contributed by atoms with van der Waals surface area (Å²) in [6, 6.07) is 2.91. The molecule has 0 radical (unpaired) electrons. The molecule has 0 heterocycles. The first-order chi connectivity index (χ1) is 14.0. The van der Waals surface area contributed by atoms with Gasteiger partial charge in [-0.3, -0.25) is 0 Å². The standard InChI is InChI=1S/C9H4BrF5O.C9H5F5O/c10-6-4(11)2-1-3-5(6)7(16)9(14,15)8(3,12)13;10-4-1-2-6-5(3-4)7(15)9(13,14)8(6,11)12/h1-2,7,16H;1-3,7,15H. The second-order valence-corrected chi connectivity index (χ2v) is 7.55. The van der Waals surface area contributed by atoms with Crippen LogP contribution in [0.15, 0.2) is 34.8 Å². The second kappa shape index (κ2) is 7.07. The van der Waals surface area contributed by atoms with Crippen molar-refractivity contribution < 1.29 is 54.1 Å². The van der Waals surface area contributed by atoms with Gasteiger partial charge < -0.3 is 10.2 Å². The summed E-state index contributed by atoms with van der Waals surface area (Å²) >= 11 is 2.57. The number of aliphatic hydroxyl groups excluding tert-OH is 2. The fraction of sp³-hybridized carbons (Fsp3) is 0.333. The Labute approximate surface area is 175 Å². The van der Waals surface area contributed by atoms with Crippen LogP contribution in [0.4, 0.5) is 43.9 Å². The molecule has 0 saturated carbocycles. The molecule has 31 heavy (non-hydrogen) atoms. The molecule has 0 spiro atoms. The molecule has 2 aliphatic carbocycles. The maximum atomic E-state index is 13.2. The molecule has 2 unspecified atom stereocenters. The number of aliphatic hydroxyl groups is 2. The zero-order valence-corrected chi connectivity index (χ0v) is 16.2. The van der Waals surface area contributed by atoms with Crippen molar-refractivity contribution >= 4 is 15.9 Å². The van der Waals surface area contributed by atoms with Crippen molar-refractivity contribution in [2.24, 2.45) is 0 Å². The van der Waals surface area contributed by atoms with E-state index < -0.39 is 74.3 Å². The molecule has 170 valence electrons. The normalized spacial score (nSPS) is 26.0. The summed E-state index contributed by atoms with van der Waals surface area (Å²) < 4.78 is 130. The van der Waals surface area contributed by atoms with Gasteiger partial charge in [-0.05, 0) is 51.8 Å². The Hall–Kier alpha value is -1.86. The van der Waals surface area contributed by atoms with Gasteiger partial charge in [0.05, 0.1) is 4.47 Å². The van der Waals surface area contributed by atoms with Crippen LogP contribution in [0, 0.1) is 11.6 Å². The van der Waals surface area contributed by atoms with E-state index in [1.54, 1.807) is 0 Å². The average Bonchev–Trinajstić information content (AvgIpc) is 2.89. The highest BCUT2D eigenvalue weighted by molar-refractivity contribution is 9.10. The van der Waals surface area contributed by atoms with Gasteiger partial charge in [-0.25, -0.2) is 8.78 Å². The number of rotatable bonds is 0. The molecule has 0 fully saturated rings. The molecular formula is C18H9BrF10O2. The first-order valence-electron chi connectivity index (χ1n) is 8.15. The van der Waals surface area contributed by atoms with Gasteiger partial charge in [0.2, 0.25) is 0 Å². The van der Waals surface area contributed by atoms with Crippen molar-refractivity contribution in [3.8, 4) is 0 Å². The zero-order chi connectivity index (χ0) is 23.7. The number of alkyl halides is 8. The maximum absolute atomic E-state index is 13.2. The number of benzene rings is 2.